The van der Waals surface area contributed by atoms with Gasteiger partial charge >= 0.3 is 0 Å². The van der Waals surface area contributed by atoms with Crippen molar-refractivity contribution in [2.75, 3.05) is 0 Å². The Balaban J connectivity index is 1.57. The second kappa shape index (κ2) is 6.48. The van der Waals surface area contributed by atoms with Gasteiger partial charge in [0.1, 0.15) is 6.33 Å². The Morgan fingerprint density at radius 2 is 2.08 bits per heavy atom. The predicted molar refractivity (Wildman–Crippen MR) is 88.1 cm³/mol. The minimum atomic E-state index is -0.650. The van der Waals surface area contributed by atoms with Crippen LogP contribution in [0.15, 0.2) is 55.0 Å². The van der Waals surface area contributed by atoms with Crippen LogP contribution in [-0.2, 0) is 11.3 Å². The third kappa shape index (κ3) is 2.94. The lowest BCUT2D eigenvalue weighted by Crippen LogP contribution is -2.33. The molecule has 4 rings (SSSR count). The summed E-state index contributed by atoms with van der Waals surface area (Å²) in [7, 11) is 0. The quantitative estimate of drug-likeness (QED) is 0.559. The number of aromatic nitrogens is 7. The number of H-pyrrole nitrogens is 1. The van der Waals surface area contributed by atoms with Crippen LogP contribution >= 0.6 is 0 Å². The summed E-state index contributed by atoms with van der Waals surface area (Å²) >= 11 is 0. The Hall–Kier alpha value is -3.62. The zero-order valence-electron chi connectivity index (χ0n) is 13.1. The number of amides is 1. The van der Waals surface area contributed by atoms with Crippen LogP contribution in [0.1, 0.15) is 17.3 Å². The fourth-order valence-corrected chi connectivity index (χ4v) is 2.66. The summed E-state index contributed by atoms with van der Waals surface area (Å²) in [5.41, 5.74) is 2.20. The van der Waals surface area contributed by atoms with Gasteiger partial charge in [0.15, 0.2) is 11.7 Å². The molecular weight excluding hydrogens is 320 g/mol. The van der Waals surface area contributed by atoms with Crippen molar-refractivity contribution in [3.8, 4) is 0 Å². The number of fused-ring (bicyclic) bond motifs is 1. The van der Waals surface area contributed by atoms with Gasteiger partial charge in [0, 0.05) is 11.6 Å². The van der Waals surface area contributed by atoms with E-state index in [4.69, 9.17) is 0 Å². The van der Waals surface area contributed by atoms with Crippen molar-refractivity contribution in [1.29, 1.82) is 0 Å². The van der Waals surface area contributed by atoms with Gasteiger partial charge in [-0.2, -0.15) is 5.10 Å². The topological polar surface area (TPSA) is 114 Å². The Labute approximate surface area is 142 Å². The van der Waals surface area contributed by atoms with Gasteiger partial charge in [-0.15, -0.1) is 5.10 Å². The molecule has 1 unspecified atom stereocenters. The Kier molecular flexibility index (Phi) is 3.87. The minimum absolute atomic E-state index is 0.217. The molecule has 1 atom stereocenters. The third-order valence-corrected chi connectivity index (χ3v) is 3.84. The van der Waals surface area contributed by atoms with Gasteiger partial charge in [-0.1, -0.05) is 30.3 Å². The van der Waals surface area contributed by atoms with Crippen LogP contribution in [0.25, 0.3) is 11.0 Å². The Morgan fingerprint density at radius 1 is 1.20 bits per heavy atom. The maximum absolute atomic E-state index is 12.8. The smallest absolute Gasteiger partial charge is 0.249 e. The molecule has 0 radical (unpaired) electrons. The first kappa shape index (κ1) is 14.9. The lowest BCUT2D eigenvalue weighted by molar-refractivity contribution is -0.123. The molecule has 0 saturated carbocycles. The molecule has 0 aliphatic heterocycles. The van der Waals surface area contributed by atoms with E-state index in [1.54, 1.807) is 6.20 Å². The SMILES string of the molecule is O=C(NCc1[nH]nc2ncccc12)C(c1ccccc1)n1cnnn1. The van der Waals surface area contributed by atoms with Crippen molar-refractivity contribution in [2.45, 2.75) is 12.6 Å². The highest BCUT2D eigenvalue weighted by molar-refractivity contribution is 5.84. The molecule has 4 aromatic rings. The second-order valence-electron chi connectivity index (χ2n) is 5.40. The van der Waals surface area contributed by atoms with Crippen LogP contribution in [0.3, 0.4) is 0 Å². The number of aromatic amines is 1. The van der Waals surface area contributed by atoms with Crippen LogP contribution in [0.5, 0.6) is 0 Å². The Bertz CT molecular complexity index is 980. The van der Waals surface area contributed by atoms with E-state index in [-0.39, 0.29) is 5.91 Å². The summed E-state index contributed by atoms with van der Waals surface area (Å²) < 4.78 is 1.43. The highest BCUT2D eigenvalue weighted by Crippen LogP contribution is 2.18. The van der Waals surface area contributed by atoms with Gasteiger partial charge in [0.25, 0.3) is 0 Å². The van der Waals surface area contributed by atoms with E-state index in [0.717, 1.165) is 16.6 Å². The van der Waals surface area contributed by atoms with E-state index < -0.39 is 6.04 Å². The van der Waals surface area contributed by atoms with Gasteiger partial charge in [-0.05, 0) is 28.1 Å². The number of nitrogens with zero attached hydrogens (tertiary/aromatic N) is 6. The summed E-state index contributed by atoms with van der Waals surface area (Å²) in [6, 6.07) is 12.4. The fourth-order valence-electron chi connectivity index (χ4n) is 2.66. The number of carbonyl (C=O) groups excluding carboxylic acids is 1. The molecule has 0 spiro atoms. The summed E-state index contributed by atoms with van der Waals surface area (Å²) in [6.07, 6.45) is 3.10. The van der Waals surface area contributed by atoms with E-state index in [9.17, 15) is 4.79 Å². The molecule has 0 aliphatic carbocycles. The van der Waals surface area contributed by atoms with E-state index in [1.165, 1.54) is 11.0 Å². The molecule has 1 aromatic carbocycles. The second-order valence-corrected chi connectivity index (χ2v) is 5.40. The first-order valence-corrected chi connectivity index (χ1v) is 7.66. The number of tetrazole rings is 1. The molecule has 3 heterocycles. The zero-order chi connectivity index (χ0) is 17.1. The summed E-state index contributed by atoms with van der Waals surface area (Å²) in [5, 5.41) is 22.0. The van der Waals surface area contributed by atoms with E-state index in [1.807, 2.05) is 42.5 Å². The standard InChI is InChI=1S/C16H14N8O/c25-16(18-9-13-12-7-4-8-17-15(12)21-20-13)14(24-10-19-22-23-24)11-5-2-1-3-6-11/h1-8,10,14H,9H2,(H,18,25)(H,17,20,21). The van der Waals surface area contributed by atoms with Crippen LogP contribution in [0, 0.1) is 0 Å². The number of pyridine rings is 1. The molecule has 124 valence electrons. The molecule has 0 aliphatic rings. The number of hydrogen-bond acceptors (Lipinski definition) is 6. The van der Waals surface area contributed by atoms with E-state index in [2.05, 4.69) is 36.0 Å². The fraction of sp³-hybridized carbons (Fsp3) is 0.125. The third-order valence-electron chi connectivity index (χ3n) is 3.84. The maximum atomic E-state index is 12.8. The number of carbonyl (C=O) groups is 1. The van der Waals surface area contributed by atoms with Crippen LogP contribution in [-0.4, -0.2) is 41.3 Å². The van der Waals surface area contributed by atoms with Gasteiger partial charge in [-0.25, -0.2) is 9.67 Å². The molecule has 9 heteroatoms. The highest BCUT2D eigenvalue weighted by Gasteiger charge is 2.23. The largest absolute Gasteiger partial charge is 0.348 e. The molecular formula is C16H14N8O. The van der Waals surface area contributed by atoms with Gasteiger partial charge in [0.2, 0.25) is 5.91 Å². The first-order valence-electron chi connectivity index (χ1n) is 7.66. The predicted octanol–water partition coefficient (Wildman–Crippen LogP) is 0.850. The molecule has 3 aromatic heterocycles. The number of benzene rings is 1. The molecule has 0 fully saturated rings. The van der Waals surface area contributed by atoms with Gasteiger partial charge in [0.05, 0.1) is 12.2 Å². The molecule has 0 saturated heterocycles. The van der Waals surface area contributed by atoms with E-state index in [0.29, 0.717) is 12.2 Å². The van der Waals surface area contributed by atoms with Crippen LogP contribution < -0.4 is 5.32 Å². The van der Waals surface area contributed by atoms with Gasteiger partial charge < -0.3 is 5.32 Å². The average Bonchev–Trinajstić information content (AvgIpc) is 3.31. The Morgan fingerprint density at radius 3 is 2.88 bits per heavy atom. The van der Waals surface area contributed by atoms with Crippen LogP contribution in [0.4, 0.5) is 0 Å². The zero-order valence-corrected chi connectivity index (χ0v) is 13.1. The first-order chi connectivity index (χ1) is 12.3. The molecule has 0 bridgehead atoms. The highest BCUT2D eigenvalue weighted by atomic mass is 16.2. The monoisotopic (exact) mass is 334 g/mol. The van der Waals surface area contributed by atoms with Gasteiger partial charge in [-0.3, -0.25) is 9.89 Å². The molecule has 1 amide bonds. The molecule has 25 heavy (non-hydrogen) atoms. The summed E-state index contributed by atoms with van der Waals surface area (Å²) in [6.45, 7) is 0.298. The van der Waals surface area contributed by atoms with Crippen LogP contribution in [0.2, 0.25) is 0 Å². The van der Waals surface area contributed by atoms with Crippen molar-refractivity contribution >= 4 is 16.9 Å². The lowest BCUT2D eigenvalue weighted by atomic mass is 10.1. The minimum Gasteiger partial charge on any atom is -0.348 e. The molecule has 9 nitrogen and oxygen atoms in total. The van der Waals surface area contributed by atoms with Crippen molar-refractivity contribution in [3.05, 3.63) is 66.2 Å². The summed E-state index contributed by atoms with van der Waals surface area (Å²) in [4.78, 5) is 17.0. The van der Waals surface area contributed by atoms with Crippen molar-refractivity contribution in [3.63, 3.8) is 0 Å². The summed E-state index contributed by atoms with van der Waals surface area (Å²) in [5.74, 6) is -0.217. The van der Waals surface area contributed by atoms with Crippen molar-refractivity contribution < 1.29 is 4.79 Å². The lowest BCUT2D eigenvalue weighted by Gasteiger charge is -2.16. The number of nitrogens with one attached hydrogen (secondary N) is 2. The van der Waals surface area contributed by atoms with Crippen molar-refractivity contribution in [2.24, 2.45) is 0 Å². The number of rotatable bonds is 5. The number of hydrogen-bond donors (Lipinski definition) is 2. The van der Waals surface area contributed by atoms with E-state index >= 15 is 0 Å². The average molecular weight is 334 g/mol. The molecule has 2 N–H and O–H groups in total. The van der Waals surface area contributed by atoms with Crippen molar-refractivity contribution in [1.82, 2.24) is 40.7 Å². The maximum Gasteiger partial charge on any atom is 0.249 e. The normalized spacial score (nSPS) is 12.2.